The van der Waals surface area contributed by atoms with Gasteiger partial charge in [0.2, 0.25) is 11.8 Å². The molecule has 0 aliphatic rings. The van der Waals surface area contributed by atoms with Crippen LogP contribution in [0.25, 0.3) is 0 Å². The van der Waals surface area contributed by atoms with Crippen molar-refractivity contribution >= 4 is 11.8 Å². The van der Waals surface area contributed by atoms with E-state index in [1.54, 1.807) is 7.11 Å². The maximum absolute atomic E-state index is 12.5. The van der Waals surface area contributed by atoms with E-state index in [0.717, 1.165) is 23.4 Å². The van der Waals surface area contributed by atoms with Gasteiger partial charge in [-0.05, 0) is 42.9 Å². The molecule has 2 N–H and O–H groups in total. The lowest BCUT2D eigenvalue weighted by Gasteiger charge is -2.19. The summed E-state index contributed by atoms with van der Waals surface area (Å²) in [4.78, 5) is 26.2. The van der Waals surface area contributed by atoms with E-state index in [0.29, 0.717) is 6.54 Å². The predicted molar refractivity (Wildman–Crippen MR) is 110 cm³/mol. The molecule has 0 radical (unpaired) electrons. The van der Waals surface area contributed by atoms with Crippen LogP contribution >= 0.6 is 0 Å². The van der Waals surface area contributed by atoms with E-state index >= 15 is 0 Å². The van der Waals surface area contributed by atoms with E-state index in [4.69, 9.17) is 4.74 Å². The molecule has 0 saturated carbocycles. The van der Waals surface area contributed by atoms with E-state index in [2.05, 4.69) is 21.6 Å². The highest BCUT2D eigenvalue weighted by atomic mass is 16.5. The van der Waals surface area contributed by atoms with E-state index in [9.17, 15) is 9.59 Å². The van der Waals surface area contributed by atoms with Crippen LogP contribution in [0.15, 0.2) is 48.5 Å². The molecule has 6 nitrogen and oxygen atoms in total. The lowest BCUT2D eigenvalue weighted by Crippen LogP contribution is -2.32. The second-order valence-electron chi connectivity index (χ2n) is 7.01. The molecule has 28 heavy (non-hydrogen) atoms. The van der Waals surface area contributed by atoms with Crippen LogP contribution < -0.4 is 15.4 Å². The van der Waals surface area contributed by atoms with Crippen molar-refractivity contribution in [3.05, 3.63) is 65.2 Å². The molecule has 2 aromatic rings. The minimum atomic E-state index is -0.388. The first-order valence-corrected chi connectivity index (χ1v) is 9.28. The highest BCUT2D eigenvalue weighted by molar-refractivity contribution is 5.79. The van der Waals surface area contributed by atoms with Crippen molar-refractivity contribution in [1.82, 2.24) is 15.5 Å². The highest BCUT2D eigenvalue weighted by Crippen LogP contribution is 2.20. The normalized spacial score (nSPS) is 11.8. The van der Waals surface area contributed by atoms with Crippen LogP contribution in [0, 0.1) is 0 Å². The fourth-order valence-electron chi connectivity index (χ4n) is 3.01. The van der Waals surface area contributed by atoms with Gasteiger partial charge in [-0.1, -0.05) is 36.4 Å². The van der Waals surface area contributed by atoms with Gasteiger partial charge in [-0.2, -0.15) is 0 Å². The van der Waals surface area contributed by atoms with E-state index < -0.39 is 0 Å². The number of hydrogen-bond acceptors (Lipinski definition) is 4. The summed E-state index contributed by atoms with van der Waals surface area (Å²) in [5.74, 6) is 0.437. The Morgan fingerprint density at radius 1 is 1.04 bits per heavy atom. The monoisotopic (exact) mass is 383 g/mol. The summed E-state index contributed by atoms with van der Waals surface area (Å²) in [5.41, 5.74) is 3.13. The quantitative estimate of drug-likeness (QED) is 0.698. The zero-order valence-electron chi connectivity index (χ0n) is 17.0. The maximum atomic E-state index is 12.5. The zero-order chi connectivity index (χ0) is 20.5. The Morgan fingerprint density at radius 2 is 1.68 bits per heavy atom. The number of rotatable bonds is 9. The van der Waals surface area contributed by atoms with Gasteiger partial charge in [0.25, 0.3) is 0 Å². The number of carbonyl (C=O) groups excluding carboxylic acids is 2. The van der Waals surface area contributed by atoms with Gasteiger partial charge in [-0.15, -0.1) is 0 Å². The van der Waals surface area contributed by atoms with Gasteiger partial charge in [0.05, 0.1) is 19.6 Å². The zero-order valence-corrected chi connectivity index (χ0v) is 17.0. The molecule has 2 amide bonds. The molecule has 2 rings (SSSR count). The van der Waals surface area contributed by atoms with E-state index in [1.807, 2.05) is 56.6 Å². The first-order chi connectivity index (χ1) is 13.4. The second kappa shape index (κ2) is 10.5. The minimum Gasteiger partial charge on any atom is -0.497 e. The molecule has 0 aliphatic carbocycles. The number of nitrogens with one attached hydrogen (secondary N) is 2. The van der Waals surface area contributed by atoms with Crippen LogP contribution in [-0.2, 0) is 22.7 Å². The Hall–Kier alpha value is -2.86. The highest BCUT2D eigenvalue weighted by Gasteiger charge is 2.17. The van der Waals surface area contributed by atoms with Crippen LogP contribution in [0.1, 0.15) is 36.1 Å². The Morgan fingerprint density at radius 3 is 2.25 bits per heavy atom. The van der Waals surface area contributed by atoms with Crippen molar-refractivity contribution in [2.75, 3.05) is 21.2 Å². The molecule has 2 aromatic carbocycles. The fourth-order valence-corrected chi connectivity index (χ4v) is 3.01. The smallest absolute Gasteiger partial charge is 0.222 e. The molecule has 0 aliphatic heterocycles. The number of carbonyl (C=O) groups is 2. The third kappa shape index (κ3) is 6.70. The fraction of sp³-hybridized carbons (Fsp3) is 0.364. The number of methoxy groups -OCH3 is 1. The average Bonchev–Trinajstić information content (AvgIpc) is 2.66. The largest absolute Gasteiger partial charge is 0.497 e. The number of nitrogens with zero attached hydrogens (tertiary/aromatic N) is 1. The van der Waals surface area contributed by atoms with Gasteiger partial charge >= 0.3 is 0 Å². The van der Waals surface area contributed by atoms with Crippen LogP contribution in [0.2, 0.25) is 0 Å². The van der Waals surface area contributed by atoms with Gasteiger partial charge in [0.1, 0.15) is 5.75 Å². The third-order valence-electron chi connectivity index (χ3n) is 4.37. The van der Waals surface area contributed by atoms with Gasteiger partial charge < -0.3 is 20.3 Å². The Bertz CT molecular complexity index is 788. The van der Waals surface area contributed by atoms with Gasteiger partial charge in [-0.3, -0.25) is 9.59 Å². The van der Waals surface area contributed by atoms with Gasteiger partial charge in [0, 0.05) is 20.0 Å². The molecule has 150 valence electrons. The maximum Gasteiger partial charge on any atom is 0.222 e. The second-order valence-corrected chi connectivity index (χ2v) is 7.01. The SMILES string of the molecule is COc1ccc(C(CC(=O)NCc2ccccc2CN(C)C)NC(C)=O)cc1. The molecular weight excluding hydrogens is 354 g/mol. The Kier molecular flexibility index (Phi) is 8.02. The van der Waals surface area contributed by atoms with Crippen molar-refractivity contribution in [2.24, 2.45) is 0 Å². The Labute approximate surface area is 166 Å². The van der Waals surface area contributed by atoms with Crippen molar-refractivity contribution < 1.29 is 14.3 Å². The summed E-state index contributed by atoms with van der Waals surface area (Å²) in [6.07, 6.45) is 0.168. The van der Waals surface area contributed by atoms with Crippen LogP contribution in [0.3, 0.4) is 0 Å². The number of amides is 2. The minimum absolute atomic E-state index is 0.116. The third-order valence-corrected chi connectivity index (χ3v) is 4.37. The van der Waals surface area contributed by atoms with Crippen molar-refractivity contribution in [2.45, 2.75) is 32.5 Å². The summed E-state index contributed by atoms with van der Waals surface area (Å²) < 4.78 is 5.17. The molecule has 1 unspecified atom stereocenters. The predicted octanol–water partition coefficient (Wildman–Crippen LogP) is 2.64. The van der Waals surface area contributed by atoms with Crippen LogP contribution in [0.5, 0.6) is 5.75 Å². The summed E-state index contributed by atoms with van der Waals surface area (Å²) in [5, 5.41) is 5.83. The molecule has 0 aromatic heterocycles. The van der Waals surface area contributed by atoms with Crippen LogP contribution in [-0.4, -0.2) is 37.9 Å². The molecule has 0 heterocycles. The standard InChI is InChI=1S/C22H29N3O3/c1-16(26)24-21(17-9-11-20(28-4)12-10-17)13-22(27)23-14-18-7-5-6-8-19(18)15-25(2)3/h5-12,21H,13-15H2,1-4H3,(H,23,27)(H,24,26). The molecule has 1 atom stereocenters. The van der Waals surface area contributed by atoms with E-state index in [1.165, 1.54) is 12.5 Å². The summed E-state index contributed by atoms with van der Waals surface area (Å²) >= 11 is 0. The number of hydrogen-bond donors (Lipinski definition) is 2. The van der Waals surface area contributed by atoms with Crippen molar-refractivity contribution in [3.63, 3.8) is 0 Å². The van der Waals surface area contributed by atoms with Crippen molar-refractivity contribution in [1.29, 1.82) is 0 Å². The first kappa shape index (κ1) is 21.4. The molecule has 0 spiro atoms. The average molecular weight is 383 g/mol. The molecule has 0 fully saturated rings. The molecule has 0 bridgehead atoms. The molecule has 0 saturated heterocycles. The lowest BCUT2D eigenvalue weighted by molar-refractivity contribution is -0.122. The lowest BCUT2D eigenvalue weighted by atomic mass is 10.0. The number of benzene rings is 2. The van der Waals surface area contributed by atoms with Crippen LogP contribution in [0.4, 0.5) is 0 Å². The first-order valence-electron chi connectivity index (χ1n) is 9.28. The Balaban J connectivity index is 2.02. The van der Waals surface area contributed by atoms with Crippen molar-refractivity contribution in [3.8, 4) is 5.75 Å². The summed E-state index contributed by atoms with van der Waals surface area (Å²) in [6, 6.07) is 15.0. The van der Waals surface area contributed by atoms with Gasteiger partial charge in [0.15, 0.2) is 0 Å². The topological polar surface area (TPSA) is 70.7 Å². The summed E-state index contributed by atoms with van der Waals surface area (Å²) in [6.45, 7) is 2.72. The van der Waals surface area contributed by atoms with E-state index in [-0.39, 0.29) is 24.3 Å². The summed E-state index contributed by atoms with van der Waals surface area (Å²) in [7, 11) is 5.63. The molecule has 6 heteroatoms. The number of ether oxygens (including phenoxy) is 1. The molecular formula is C22H29N3O3. The van der Waals surface area contributed by atoms with Gasteiger partial charge in [-0.25, -0.2) is 0 Å².